The molecule has 1 heterocycles. The van der Waals surface area contributed by atoms with Crippen molar-refractivity contribution in [2.45, 2.75) is 39.7 Å². The Morgan fingerprint density at radius 1 is 1.44 bits per heavy atom. The highest BCUT2D eigenvalue weighted by molar-refractivity contribution is 5.89. The lowest BCUT2D eigenvalue weighted by Crippen LogP contribution is -2.14. The van der Waals surface area contributed by atoms with Crippen LogP contribution in [0.15, 0.2) is 18.3 Å². The largest absolute Gasteiger partial charge is 0.381 e. The molecule has 4 nitrogen and oxygen atoms in total. The molecule has 0 saturated carbocycles. The van der Waals surface area contributed by atoms with Crippen molar-refractivity contribution < 1.29 is 4.79 Å². The van der Waals surface area contributed by atoms with E-state index in [-0.39, 0.29) is 5.91 Å². The van der Waals surface area contributed by atoms with Gasteiger partial charge in [0.1, 0.15) is 5.82 Å². The third-order valence-corrected chi connectivity index (χ3v) is 2.38. The predicted octanol–water partition coefficient (Wildman–Crippen LogP) is 2.64. The summed E-state index contributed by atoms with van der Waals surface area (Å²) in [5, 5.41) is 6.02. The van der Waals surface area contributed by atoms with E-state index in [1.807, 2.05) is 13.0 Å². The molecular formula is C12H19N3O. The maximum atomic E-state index is 11.1. The van der Waals surface area contributed by atoms with Gasteiger partial charge in [-0.2, -0.15) is 0 Å². The van der Waals surface area contributed by atoms with Crippen molar-refractivity contribution in [2.24, 2.45) is 0 Å². The summed E-state index contributed by atoms with van der Waals surface area (Å²) in [6.45, 7) is 6.06. The maximum absolute atomic E-state index is 11.1. The smallest absolute Gasteiger partial charge is 0.225 e. The fourth-order valence-electron chi connectivity index (χ4n) is 1.17. The zero-order valence-electron chi connectivity index (χ0n) is 10.1. The van der Waals surface area contributed by atoms with Gasteiger partial charge in [0.05, 0.1) is 11.9 Å². The van der Waals surface area contributed by atoms with Gasteiger partial charge in [0.15, 0.2) is 0 Å². The number of anilines is 2. The molecule has 0 bridgehead atoms. The van der Waals surface area contributed by atoms with E-state index in [9.17, 15) is 4.79 Å². The molecule has 0 aliphatic heterocycles. The molecule has 0 aliphatic rings. The average molecular weight is 221 g/mol. The van der Waals surface area contributed by atoms with Gasteiger partial charge in [-0.05, 0) is 25.5 Å². The molecule has 4 heteroatoms. The fraction of sp³-hybridized carbons (Fsp3) is 0.500. The van der Waals surface area contributed by atoms with Crippen molar-refractivity contribution in [1.29, 1.82) is 0 Å². The highest BCUT2D eigenvalue weighted by atomic mass is 16.1. The van der Waals surface area contributed by atoms with Crippen LogP contribution in [0.1, 0.15) is 33.6 Å². The molecule has 0 aliphatic carbocycles. The van der Waals surface area contributed by atoms with Gasteiger partial charge in [-0.15, -0.1) is 0 Å². The van der Waals surface area contributed by atoms with Crippen molar-refractivity contribution in [1.82, 2.24) is 4.98 Å². The highest BCUT2D eigenvalue weighted by Gasteiger charge is 2.01. The van der Waals surface area contributed by atoms with Crippen LogP contribution < -0.4 is 10.6 Å². The van der Waals surface area contributed by atoms with Gasteiger partial charge in [-0.3, -0.25) is 4.79 Å². The second-order valence-corrected chi connectivity index (χ2v) is 3.79. The van der Waals surface area contributed by atoms with Crippen LogP contribution in [0.5, 0.6) is 0 Å². The first-order valence-corrected chi connectivity index (χ1v) is 5.68. The van der Waals surface area contributed by atoms with Gasteiger partial charge in [-0.25, -0.2) is 4.98 Å². The molecule has 1 amide bonds. The third kappa shape index (κ3) is 3.88. The van der Waals surface area contributed by atoms with E-state index in [1.54, 1.807) is 12.3 Å². The van der Waals surface area contributed by atoms with E-state index in [0.717, 1.165) is 12.1 Å². The van der Waals surface area contributed by atoms with E-state index in [1.165, 1.54) is 0 Å². The Balaban J connectivity index is 2.57. The molecule has 1 atom stereocenters. The Hall–Kier alpha value is -1.58. The molecule has 0 saturated heterocycles. The maximum Gasteiger partial charge on any atom is 0.225 e. The van der Waals surface area contributed by atoms with E-state index in [0.29, 0.717) is 18.3 Å². The minimum absolute atomic E-state index is 0.0184. The zero-order chi connectivity index (χ0) is 12.0. The number of amides is 1. The van der Waals surface area contributed by atoms with Crippen LogP contribution in [-0.2, 0) is 4.79 Å². The van der Waals surface area contributed by atoms with E-state index in [4.69, 9.17) is 0 Å². The fourth-order valence-corrected chi connectivity index (χ4v) is 1.17. The number of carbonyl (C=O) groups is 1. The highest BCUT2D eigenvalue weighted by Crippen LogP contribution is 2.11. The van der Waals surface area contributed by atoms with E-state index in [2.05, 4.69) is 29.5 Å². The van der Waals surface area contributed by atoms with Crippen LogP contribution in [-0.4, -0.2) is 16.9 Å². The zero-order valence-corrected chi connectivity index (χ0v) is 10.1. The SMILES string of the molecule is CCC(=O)Nc1ccc(NC(C)CC)cn1. The Morgan fingerprint density at radius 2 is 2.19 bits per heavy atom. The molecule has 1 aromatic heterocycles. The van der Waals surface area contributed by atoms with Crippen LogP contribution in [0, 0.1) is 0 Å². The minimum atomic E-state index is -0.0184. The van der Waals surface area contributed by atoms with Crippen molar-refractivity contribution in [3.05, 3.63) is 18.3 Å². The number of carbonyl (C=O) groups excluding carboxylic acids is 1. The summed E-state index contributed by atoms with van der Waals surface area (Å²) in [7, 11) is 0. The number of hydrogen-bond acceptors (Lipinski definition) is 3. The molecule has 1 aromatic rings. The van der Waals surface area contributed by atoms with Crippen molar-refractivity contribution in [3.63, 3.8) is 0 Å². The van der Waals surface area contributed by atoms with Gasteiger partial charge >= 0.3 is 0 Å². The first-order chi connectivity index (χ1) is 7.65. The normalized spacial score (nSPS) is 11.9. The summed E-state index contributed by atoms with van der Waals surface area (Å²) in [5.41, 5.74) is 0.976. The first kappa shape index (κ1) is 12.5. The lowest BCUT2D eigenvalue weighted by molar-refractivity contribution is -0.115. The second-order valence-electron chi connectivity index (χ2n) is 3.79. The summed E-state index contributed by atoms with van der Waals surface area (Å²) < 4.78 is 0. The number of hydrogen-bond donors (Lipinski definition) is 2. The predicted molar refractivity (Wildman–Crippen MR) is 66.5 cm³/mol. The van der Waals surface area contributed by atoms with Crippen LogP contribution in [0.25, 0.3) is 0 Å². The molecule has 0 radical (unpaired) electrons. The van der Waals surface area contributed by atoms with Gasteiger partial charge in [-0.1, -0.05) is 13.8 Å². The van der Waals surface area contributed by atoms with Crippen molar-refractivity contribution >= 4 is 17.4 Å². The molecule has 1 rings (SSSR count). The van der Waals surface area contributed by atoms with Crippen LogP contribution in [0.2, 0.25) is 0 Å². The Kier molecular flexibility index (Phi) is 4.76. The molecule has 2 N–H and O–H groups in total. The quantitative estimate of drug-likeness (QED) is 0.803. The average Bonchev–Trinajstić information content (AvgIpc) is 2.31. The standard InChI is InChI=1S/C12H19N3O/c1-4-9(3)14-10-6-7-11(13-8-10)15-12(16)5-2/h6-9,14H,4-5H2,1-3H3,(H,13,15,16). The summed E-state index contributed by atoms with van der Waals surface area (Å²) in [6, 6.07) is 4.15. The molecule has 0 aromatic carbocycles. The summed E-state index contributed by atoms with van der Waals surface area (Å²) in [5.74, 6) is 0.580. The Labute approximate surface area is 96.5 Å². The van der Waals surface area contributed by atoms with Crippen LogP contribution in [0.4, 0.5) is 11.5 Å². The minimum Gasteiger partial charge on any atom is -0.381 e. The van der Waals surface area contributed by atoms with Gasteiger partial charge in [0.25, 0.3) is 0 Å². The molecule has 0 spiro atoms. The first-order valence-electron chi connectivity index (χ1n) is 5.68. The lowest BCUT2D eigenvalue weighted by atomic mass is 10.2. The van der Waals surface area contributed by atoms with E-state index < -0.39 is 0 Å². The molecule has 88 valence electrons. The van der Waals surface area contributed by atoms with Gasteiger partial charge in [0.2, 0.25) is 5.91 Å². The topological polar surface area (TPSA) is 54.0 Å². The molecule has 1 unspecified atom stereocenters. The summed E-state index contributed by atoms with van der Waals surface area (Å²) >= 11 is 0. The number of rotatable bonds is 5. The molecular weight excluding hydrogens is 202 g/mol. The number of pyridine rings is 1. The van der Waals surface area contributed by atoms with Crippen LogP contribution >= 0.6 is 0 Å². The summed E-state index contributed by atoms with van der Waals surface area (Å²) in [6.07, 6.45) is 3.26. The number of aromatic nitrogens is 1. The molecule has 0 fully saturated rings. The Morgan fingerprint density at radius 3 is 2.69 bits per heavy atom. The Bertz CT molecular complexity index is 335. The third-order valence-electron chi connectivity index (χ3n) is 2.38. The number of nitrogens with zero attached hydrogens (tertiary/aromatic N) is 1. The molecule has 16 heavy (non-hydrogen) atoms. The van der Waals surface area contributed by atoms with Crippen LogP contribution in [0.3, 0.4) is 0 Å². The monoisotopic (exact) mass is 221 g/mol. The second kappa shape index (κ2) is 6.10. The lowest BCUT2D eigenvalue weighted by Gasteiger charge is -2.12. The van der Waals surface area contributed by atoms with Crippen molar-refractivity contribution in [2.75, 3.05) is 10.6 Å². The van der Waals surface area contributed by atoms with E-state index >= 15 is 0 Å². The van der Waals surface area contributed by atoms with Gasteiger partial charge < -0.3 is 10.6 Å². The van der Waals surface area contributed by atoms with Crippen molar-refractivity contribution in [3.8, 4) is 0 Å². The van der Waals surface area contributed by atoms with Gasteiger partial charge in [0, 0.05) is 12.5 Å². The number of nitrogens with one attached hydrogen (secondary N) is 2. The summed E-state index contributed by atoms with van der Waals surface area (Å²) in [4.78, 5) is 15.3.